The zero-order valence-corrected chi connectivity index (χ0v) is 9.72. The normalized spacial score (nSPS) is 15.4. The summed E-state index contributed by atoms with van der Waals surface area (Å²) in [6.07, 6.45) is 4.41. The Kier molecular flexibility index (Phi) is 3.74. The van der Waals surface area contributed by atoms with E-state index in [1.54, 1.807) is 6.20 Å². The lowest BCUT2D eigenvalue weighted by Gasteiger charge is -2.15. The molecule has 88 valence electrons. The summed E-state index contributed by atoms with van der Waals surface area (Å²) >= 11 is 0. The SMILES string of the molecule is CN(CCOc1ccnc(CN)c1)C1CC1. The standard InChI is InChI=1S/C12H19N3O/c1-15(11-2-3-11)6-7-16-12-4-5-14-10(8-12)9-13/h4-5,8,11H,2-3,6-7,9,13H2,1H3. The zero-order valence-electron chi connectivity index (χ0n) is 9.72. The van der Waals surface area contributed by atoms with Crippen LogP contribution in [0.5, 0.6) is 5.75 Å². The van der Waals surface area contributed by atoms with Crippen molar-refractivity contribution < 1.29 is 4.74 Å². The Labute approximate surface area is 96.4 Å². The number of pyridine rings is 1. The number of aromatic nitrogens is 1. The van der Waals surface area contributed by atoms with Crippen molar-refractivity contribution in [1.29, 1.82) is 0 Å². The third-order valence-corrected chi connectivity index (χ3v) is 2.88. The molecule has 0 amide bonds. The fourth-order valence-electron chi connectivity index (χ4n) is 1.66. The summed E-state index contributed by atoms with van der Waals surface area (Å²) in [6.45, 7) is 2.16. The van der Waals surface area contributed by atoms with Crippen LogP contribution in [-0.2, 0) is 6.54 Å². The smallest absolute Gasteiger partial charge is 0.122 e. The van der Waals surface area contributed by atoms with Crippen molar-refractivity contribution in [3.8, 4) is 5.75 Å². The summed E-state index contributed by atoms with van der Waals surface area (Å²) in [4.78, 5) is 6.48. The number of nitrogens with two attached hydrogens (primary N) is 1. The van der Waals surface area contributed by atoms with Crippen LogP contribution in [0.25, 0.3) is 0 Å². The molecule has 16 heavy (non-hydrogen) atoms. The van der Waals surface area contributed by atoms with Crippen LogP contribution in [0.4, 0.5) is 0 Å². The molecular formula is C12H19N3O. The first-order valence-electron chi connectivity index (χ1n) is 5.77. The molecule has 1 aromatic heterocycles. The molecule has 4 heteroatoms. The molecule has 1 aromatic rings. The Morgan fingerprint density at radius 3 is 3.06 bits per heavy atom. The van der Waals surface area contributed by atoms with Gasteiger partial charge in [-0.05, 0) is 26.0 Å². The molecule has 0 unspecified atom stereocenters. The van der Waals surface area contributed by atoms with E-state index in [0.717, 1.165) is 30.6 Å². The molecule has 0 atom stereocenters. The molecule has 0 bridgehead atoms. The van der Waals surface area contributed by atoms with Gasteiger partial charge < -0.3 is 15.4 Å². The van der Waals surface area contributed by atoms with Crippen molar-refractivity contribution in [1.82, 2.24) is 9.88 Å². The fourth-order valence-corrected chi connectivity index (χ4v) is 1.66. The van der Waals surface area contributed by atoms with Gasteiger partial charge in [-0.25, -0.2) is 0 Å². The largest absolute Gasteiger partial charge is 0.492 e. The lowest BCUT2D eigenvalue weighted by atomic mass is 10.3. The molecule has 0 spiro atoms. The van der Waals surface area contributed by atoms with Crippen molar-refractivity contribution in [2.75, 3.05) is 20.2 Å². The van der Waals surface area contributed by atoms with Gasteiger partial charge in [0.1, 0.15) is 12.4 Å². The van der Waals surface area contributed by atoms with Crippen LogP contribution >= 0.6 is 0 Å². The molecule has 1 aliphatic rings. The lowest BCUT2D eigenvalue weighted by Crippen LogP contribution is -2.26. The maximum atomic E-state index is 5.66. The third-order valence-electron chi connectivity index (χ3n) is 2.88. The molecule has 1 fully saturated rings. The first kappa shape index (κ1) is 11.4. The summed E-state index contributed by atoms with van der Waals surface area (Å²) in [6, 6.07) is 4.56. The predicted octanol–water partition coefficient (Wildman–Crippen LogP) is 1.01. The monoisotopic (exact) mass is 221 g/mol. The second kappa shape index (κ2) is 5.27. The van der Waals surface area contributed by atoms with Crippen molar-refractivity contribution >= 4 is 0 Å². The highest BCUT2D eigenvalue weighted by atomic mass is 16.5. The maximum Gasteiger partial charge on any atom is 0.122 e. The Bertz CT molecular complexity index is 339. The zero-order chi connectivity index (χ0) is 11.4. The van der Waals surface area contributed by atoms with Crippen LogP contribution in [0.2, 0.25) is 0 Å². The number of rotatable bonds is 6. The number of nitrogens with zero attached hydrogens (tertiary/aromatic N) is 2. The molecule has 1 heterocycles. The maximum absolute atomic E-state index is 5.66. The molecule has 2 N–H and O–H groups in total. The van der Waals surface area contributed by atoms with Gasteiger partial charge in [-0.15, -0.1) is 0 Å². The molecule has 0 saturated heterocycles. The molecule has 2 rings (SSSR count). The van der Waals surface area contributed by atoms with E-state index in [1.807, 2.05) is 12.1 Å². The highest BCUT2D eigenvalue weighted by Crippen LogP contribution is 2.24. The topological polar surface area (TPSA) is 51.4 Å². The highest BCUT2D eigenvalue weighted by Gasteiger charge is 2.25. The van der Waals surface area contributed by atoms with Gasteiger partial charge in [-0.2, -0.15) is 0 Å². The molecular weight excluding hydrogens is 202 g/mol. The molecule has 1 aliphatic carbocycles. The Hall–Kier alpha value is -1.13. The van der Waals surface area contributed by atoms with Crippen molar-refractivity contribution in [3.63, 3.8) is 0 Å². The lowest BCUT2D eigenvalue weighted by molar-refractivity contribution is 0.231. The van der Waals surface area contributed by atoms with Crippen LogP contribution in [-0.4, -0.2) is 36.1 Å². The van der Waals surface area contributed by atoms with Crippen LogP contribution in [0.15, 0.2) is 18.3 Å². The van der Waals surface area contributed by atoms with E-state index in [1.165, 1.54) is 12.8 Å². The first-order chi connectivity index (χ1) is 7.79. The van der Waals surface area contributed by atoms with Crippen LogP contribution < -0.4 is 10.5 Å². The van der Waals surface area contributed by atoms with Gasteiger partial charge in [-0.1, -0.05) is 0 Å². The van der Waals surface area contributed by atoms with Crippen molar-refractivity contribution in [2.45, 2.75) is 25.4 Å². The summed E-state index contributed by atoms with van der Waals surface area (Å²) in [7, 11) is 2.15. The summed E-state index contributed by atoms with van der Waals surface area (Å²) < 4.78 is 5.66. The molecule has 0 aliphatic heterocycles. The number of likely N-dealkylation sites (N-methyl/N-ethyl adjacent to an activating group) is 1. The van der Waals surface area contributed by atoms with Gasteiger partial charge in [-0.3, -0.25) is 4.98 Å². The summed E-state index contributed by atoms with van der Waals surface area (Å²) in [5, 5.41) is 0. The van der Waals surface area contributed by atoms with Crippen LogP contribution in [0.3, 0.4) is 0 Å². The summed E-state index contributed by atoms with van der Waals surface area (Å²) in [5.41, 5.74) is 6.39. The van der Waals surface area contributed by atoms with Crippen molar-refractivity contribution in [2.24, 2.45) is 5.73 Å². The first-order valence-corrected chi connectivity index (χ1v) is 5.77. The Morgan fingerprint density at radius 1 is 1.56 bits per heavy atom. The fraction of sp³-hybridized carbons (Fsp3) is 0.583. The van der Waals surface area contributed by atoms with E-state index in [9.17, 15) is 0 Å². The summed E-state index contributed by atoms with van der Waals surface area (Å²) in [5.74, 6) is 0.861. The minimum absolute atomic E-state index is 0.458. The predicted molar refractivity (Wildman–Crippen MR) is 63.3 cm³/mol. The molecule has 1 saturated carbocycles. The van der Waals surface area contributed by atoms with E-state index < -0.39 is 0 Å². The number of ether oxygens (including phenoxy) is 1. The second-order valence-corrected chi connectivity index (χ2v) is 4.25. The average molecular weight is 221 g/mol. The van der Waals surface area contributed by atoms with Crippen LogP contribution in [0, 0.1) is 0 Å². The number of hydrogen-bond donors (Lipinski definition) is 1. The van der Waals surface area contributed by atoms with Gasteiger partial charge in [0, 0.05) is 31.4 Å². The Balaban J connectivity index is 1.75. The van der Waals surface area contributed by atoms with E-state index in [4.69, 9.17) is 10.5 Å². The van der Waals surface area contributed by atoms with Gasteiger partial charge in [0.2, 0.25) is 0 Å². The van der Waals surface area contributed by atoms with Gasteiger partial charge >= 0.3 is 0 Å². The highest BCUT2D eigenvalue weighted by molar-refractivity contribution is 5.22. The minimum Gasteiger partial charge on any atom is -0.492 e. The van der Waals surface area contributed by atoms with E-state index >= 15 is 0 Å². The van der Waals surface area contributed by atoms with E-state index in [2.05, 4.69) is 16.9 Å². The Morgan fingerprint density at radius 2 is 2.38 bits per heavy atom. The second-order valence-electron chi connectivity index (χ2n) is 4.25. The molecule has 0 radical (unpaired) electrons. The molecule has 4 nitrogen and oxygen atoms in total. The van der Waals surface area contributed by atoms with Gasteiger partial charge in [0.05, 0.1) is 5.69 Å². The van der Waals surface area contributed by atoms with E-state index in [0.29, 0.717) is 6.54 Å². The number of hydrogen-bond acceptors (Lipinski definition) is 4. The third kappa shape index (κ3) is 3.18. The average Bonchev–Trinajstić information content (AvgIpc) is 3.13. The molecule has 0 aromatic carbocycles. The van der Waals surface area contributed by atoms with Gasteiger partial charge in [0.15, 0.2) is 0 Å². The van der Waals surface area contributed by atoms with E-state index in [-0.39, 0.29) is 0 Å². The quantitative estimate of drug-likeness (QED) is 0.779. The minimum atomic E-state index is 0.458. The van der Waals surface area contributed by atoms with Crippen LogP contribution in [0.1, 0.15) is 18.5 Å². The van der Waals surface area contributed by atoms with Crippen molar-refractivity contribution in [3.05, 3.63) is 24.0 Å². The van der Waals surface area contributed by atoms with Gasteiger partial charge in [0.25, 0.3) is 0 Å².